The van der Waals surface area contributed by atoms with Gasteiger partial charge in [-0.3, -0.25) is 0 Å². The van der Waals surface area contributed by atoms with Gasteiger partial charge in [-0.25, -0.2) is 0 Å². The van der Waals surface area contributed by atoms with Crippen LogP contribution >= 0.6 is 0 Å². The number of hydroxylamine groups is 1. The van der Waals surface area contributed by atoms with E-state index in [2.05, 4.69) is 11.0 Å². The molecule has 0 radical (unpaired) electrons. The molecule has 0 N–H and O–H groups in total. The molecule has 3 nitrogen and oxygen atoms in total. The summed E-state index contributed by atoms with van der Waals surface area (Å²) in [6, 6.07) is 8.13. The number of nitrogens with zero attached hydrogens (tertiary/aromatic N) is 2. The quantitative estimate of drug-likeness (QED) is 0.475. The molecule has 0 saturated carbocycles. The maximum absolute atomic E-state index is 11.8. The van der Waals surface area contributed by atoms with E-state index in [1.54, 1.807) is 6.21 Å². The fraction of sp³-hybridized carbons (Fsp3) is 0.417. The second-order valence-electron chi connectivity index (χ2n) is 4.22. The van der Waals surface area contributed by atoms with Gasteiger partial charge < -0.3 is 10.1 Å². The van der Waals surface area contributed by atoms with Crippen LogP contribution in [0.1, 0.15) is 24.8 Å². The molecule has 0 aliphatic carbocycles. The zero-order chi connectivity index (χ0) is 10.3. The lowest BCUT2D eigenvalue weighted by molar-refractivity contribution is -0.500. The summed E-state index contributed by atoms with van der Waals surface area (Å²) in [6.07, 6.45) is 5.10. The molecule has 0 spiro atoms. The van der Waals surface area contributed by atoms with Crippen LogP contribution in [0.4, 0.5) is 5.69 Å². The highest BCUT2D eigenvalue weighted by Gasteiger charge is 2.33. The highest BCUT2D eigenvalue weighted by Crippen LogP contribution is 2.30. The van der Waals surface area contributed by atoms with Crippen LogP contribution in [0.15, 0.2) is 24.3 Å². The fourth-order valence-corrected chi connectivity index (χ4v) is 2.54. The van der Waals surface area contributed by atoms with Crippen molar-refractivity contribution < 1.29 is 4.74 Å². The van der Waals surface area contributed by atoms with Crippen LogP contribution < -0.4 is 4.90 Å². The second-order valence-corrected chi connectivity index (χ2v) is 4.22. The van der Waals surface area contributed by atoms with Crippen molar-refractivity contribution >= 4 is 11.9 Å². The van der Waals surface area contributed by atoms with Gasteiger partial charge in [0, 0.05) is 13.0 Å². The van der Waals surface area contributed by atoms with Crippen molar-refractivity contribution in [2.75, 3.05) is 11.4 Å². The van der Waals surface area contributed by atoms with Gasteiger partial charge in [0.05, 0.1) is 11.3 Å². The third-order valence-corrected chi connectivity index (χ3v) is 3.28. The molecule has 0 aromatic heterocycles. The summed E-state index contributed by atoms with van der Waals surface area (Å²) < 4.78 is 1.11. The van der Waals surface area contributed by atoms with Crippen molar-refractivity contribution in [3.8, 4) is 0 Å². The smallest absolute Gasteiger partial charge is 0.238 e. The van der Waals surface area contributed by atoms with Gasteiger partial charge in [-0.1, -0.05) is 12.1 Å². The van der Waals surface area contributed by atoms with Crippen molar-refractivity contribution in [3.63, 3.8) is 0 Å². The van der Waals surface area contributed by atoms with Gasteiger partial charge in [0.2, 0.25) is 6.17 Å². The third-order valence-electron chi connectivity index (χ3n) is 3.28. The van der Waals surface area contributed by atoms with Crippen LogP contribution in [-0.2, 0) is 0 Å². The molecule has 0 bridgehead atoms. The topological polar surface area (TPSA) is 29.3 Å². The summed E-state index contributed by atoms with van der Waals surface area (Å²) in [5, 5.41) is 11.8. The van der Waals surface area contributed by atoms with E-state index in [1.807, 2.05) is 18.2 Å². The Morgan fingerprint density at radius 1 is 1.27 bits per heavy atom. The van der Waals surface area contributed by atoms with Crippen LogP contribution in [0.5, 0.6) is 0 Å². The molecule has 15 heavy (non-hydrogen) atoms. The minimum Gasteiger partial charge on any atom is -0.622 e. The van der Waals surface area contributed by atoms with Gasteiger partial charge in [-0.15, -0.1) is 0 Å². The first-order chi connectivity index (χ1) is 7.36. The van der Waals surface area contributed by atoms with Gasteiger partial charge >= 0.3 is 0 Å². The molecule has 2 aliphatic heterocycles. The molecular formula is C12H14N2O. The van der Waals surface area contributed by atoms with E-state index in [4.69, 9.17) is 0 Å². The first-order valence-corrected chi connectivity index (χ1v) is 5.52. The number of hydrogen-bond acceptors (Lipinski definition) is 2. The van der Waals surface area contributed by atoms with E-state index >= 15 is 0 Å². The molecule has 1 fully saturated rings. The highest BCUT2D eigenvalue weighted by molar-refractivity contribution is 5.86. The number of piperidine rings is 1. The number of fused-ring (bicyclic) bond motifs is 3. The van der Waals surface area contributed by atoms with Gasteiger partial charge in [-0.2, -0.15) is 4.74 Å². The van der Waals surface area contributed by atoms with Crippen molar-refractivity contribution in [2.45, 2.75) is 25.4 Å². The van der Waals surface area contributed by atoms with Gasteiger partial charge in [-0.05, 0) is 25.0 Å². The van der Waals surface area contributed by atoms with E-state index in [-0.39, 0.29) is 6.17 Å². The van der Waals surface area contributed by atoms with E-state index in [0.29, 0.717) is 0 Å². The molecule has 1 saturated heterocycles. The SMILES string of the molecule is [O-][N+]1=Cc2ccccc2N2CCCCC21. The largest absolute Gasteiger partial charge is 0.622 e. The van der Waals surface area contributed by atoms with Crippen molar-refractivity contribution in [1.29, 1.82) is 0 Å². The summed E-state index contributed by atoms with van der Waals surface area (Å²) in [5.74, 6) is 0. The standard InChI is InChI=1S/C12H14N2O/c15-14-9-10-5-1-2-6-11(10)13-8-4-3-7-12(13)14/h1-2,5-6,9,12H,3-4,7-8H2. The zero-order valence-corrected chi connectivity index (χ0v) is 8.60. The Hall–Kier alpha value is -1.51. The van der Waals surface area contributed by atoms with Crippen LogP contribution in [0.3, 0.4) is 0 Å². The Labute approximate surface area is 89.2 Å². The Bertz CT molecular complexity index is 414. The normalized spacial score (nSPS) is 24.1. The average molecular weight is 202 g/mol. The summed E-state index contributed by atoms with van der Waals surface area (Å²) in [5.41, 5.74) is 2.26. The molecule has 1 unspecified atom stereocenters. The number of benzene rings is 1. The molecule has 1 atom stereocenters. The van der Waals surface area contributed by atoms with E-state index in [0.717, 1.165) is 29.7 Å². The summed E-state index contributed by atoms with van der Waals surface area (Å²) in [4.78, 5) is 2.24. The first kappa shape index (κ1) is 8.77. The maximum atomic E-state index is 11.8. The molecule has 1 aromatic rings. The Morgan fingerprint density at radius 3 is 3.07 bits per heavy atom. The number of rotatable bonds is 0. The lowest BCUT2D eigenvalue weighted by atomic mass is 10.0. The molecular weight excluding hydrogens is 188 g/mol. The predicted molar refractivity (Wildman–Crippen MR) is 60.2 cm³/mol. The van der Waals surface area contributed by atoms with Crippen LogP contribution in [-0.4, -0.2) is 23.7 Å². The molecule has 2 heterocycles. The number of hydrogen-bond donors (Lipinski definition) is 0. The van der Waals surface area contributed by atoms with Gasteiger partial charge in [0.15, 0.2) is 6.21 Å². The number of anilines is 1. The lowest BCUT2D eigenvalue weighted by Crippen LogP contribution is -2.48. The first-order valence-electron chi connectivity index (χ1n) is 5.52. The molecule has 2 aliphatic rings. The third kappa shape index (κ3) is 1.30. The van der Waals surface area contributed by atoms with Gasteiger partial charge in [0.25, 0.3) is 0 Å². The highest BCUT2D eigenvalue weighted by atomic mass is 16.5. The van der Waals surface area contributed by atoms with E-state index in [1.165, 1.54) is 12.1 Å². The summed E-state index contributed by atoms with van der Waals surface area (Å²) >= 11 is 0. The predicted octanol–water partition coefficient (Wildman–Crippen LogP) is 1.95. The molecule has 3 rings (SSSR count). The van der Waals surface area contributed by atoms with Crippen LogP contribution in [0.2, 0.25) is 0 Å². The Balaban J connectivity index is 2.10. The second kappa shape index (κ2) is 3.26. The number of para-hydroxylation sites is 1. The van der Waals surface area contributed by atoms with Gasteiger partial charge in [0.1, 0.15) is 0 Å². The lowest BCUT2D eigenvalue weighted by Gasteiger charge is -2.38. The van der Waals surface area contributed by atoms with E-state index in [9.17, 15) is 5.21 Å². The van der Waals surface area contributed by atoms with Crippen molar-refractivity contribution in [3.05, 3.63) is 35.0 Å². The van der Waals surface area contributed by atoms with Crippen molar-refractivity contribution in [1.82, 2.24) is 0 Å². The van der Waals surface area contributed by atoms with Crippen LogP contribution in [0, 0.1) is 5.21 Å². The fourth-order valence-electron chi connectivity index (χ4n) is 2.54. The minimum absolute atomic E-state index is 0.0358. The summed E-state index contributed by atoms with van der Waals surface area (Å²) in [7, 11) is 0. The monoisotopic (exact) mass is 202 g/mol. The van der Waals surface area contributed by atoms with E-state index < -0.39 is 0 Å². The maximum Gasteiger partial charge on any atom is 0.238 e. The Morgan fingerprint density at radius 2 is 2.13 bits per heavy atom. The molecule has 1 aromatic carbocycles. The van der Waals surface area contributed by atoms with Crippen LogP contribution in [0.25, 0.3) is 0 Å². The molecule has 3 heteroatoms. The Kier molecular flexibility index (Phi) is 1.91. The average Bonchev–Trinajstić information content (AvgIpc) is 2.30. The molecule has 0 amide bonds. The minimum atomic E-state index is 0.0358. The zero-order valence-electron chi connectivity index (χ0n) is 8.60. The molecule has 78 valence electrons. The summed E-state index contributed by atoms with van der Waals surface area (Å²) in [6.45, 7) is 1.01. The van der Waals surface area contributed by atoms with Crippen molar-refractivity contribution in [2.24, 2.45) is 0 Å².